The molecule has 12 bridgehead atoms. The van der Waals surface area contributed by atoms with Crippen molar-refractivity contribution in [1.82, 2.24) is 0 Å². The number of hydrogen-bond acceptors (Lipinski definition) is 25. The molecule has 7 unspecified atom stereocenters. The molecule has 16 aliphatic rings. The fourth-order valence-electron chi connectivity index (χ4n) is 24.6. The molecule has 0 amide bonds. The Kier molecular flexibility index (Phi) is 40.1. The van der Waals surface area contributed by atoms with Gasteiger partial charge >= 0.3 is 6.15 Å². The molecule has 29 heteroatoms. The third-order valence-corrected chi connectivity index (χ3v) is 45.4. The van der Waals surface area contributed by atoms with Crippen LogP contribution in [0.2, 0.25) is 36.3 Å². The molecule has 0 aromatic carbocycles. The highest BCUT2D eigenvalue weighted by molar-refractivity contribution is 7.59. The first-order valence-corrected chi connectivity index (χ1v) is 60.8. The van der Waals surface area contributed by atoms with Crippen LogP contribution in [0.5, 0.6) is 0 Å². The van der Waals surface area contributed by atoms with Crippen LogP contribution in [0.4, 0.5) is 0 Å². The van der Waals surface area contributed by atoms with Crippen LogP contribution in [0.15, 0.2) is 48.6 Å². The second-order valence-corrected chi connectivity index (χ2v) is 57.8. The molecule has 16 heterocycles. The zero-order chi connectivity index (χ0) is 94.7. The topological polar surface area (TPSA) is 292 Å². The zero-order valence-electron chi connectivity index (χ0n) is 83.4. The van der Waals surface area contributed by atoms with Gasteiger partial charge < -0.3 is 94.4 Å². The summed E-state index contributed by atoms with van der Waals surface area (Å²) in [5, 5.41) is 18.9. The maximum atomic E-state index is 13.5. The number of aliphatic hydroxyl groups is 2. The van der Waals surface area contributed by atoms with Crippen molar-refractivity contribution in [1.29, 1.82) is 0 Å². The summed E-state index contributed by atoms with van der Waals surface area (Å²) in [4.78, 5) is 29.7. The Morgan fingerprint density at radius 2 is 0.838 bits per heavy atom. The maximum Gasteiger partial charge on any atom is 0.373 e. The van der Waals surface area contributed by atoms with Crippen molar-refractivity contribution in [2.24, 2.45) is 59.2 Å². The highest BCUT2D eigenvalue weighted by Crippen LogP contribution is 2.58. The molecule has 0 radical (unpaired) electrons. The molecule has 746 valence electrons. The second kappa shape index (κ2) is 48.0. The predicted molar refractivity (Wildman–Crippen MR) is 507 cm³/mol. The minimum atomic E-state index is -3.00. The summed E-state index contributed by atoms with van der Waals surface area (Å²) in [5.74, 6) is 1.63. The number of Topliss-reactive ketones (excluding diaryl/α,β-unsaturated/α-hetero) is 1. The number of ether oxygens (including phenoxy) is 14. The van der Waals surface area contributed by atoms with Crippen molar-refractivity contribution in [3.05, 3.63) is 48.6 Å². The molecular weight excluding hydrogens is 1730 g/mol. The molecule has 0 aromatic rings. The summed E-state index contributed by atoms with van der Waals surface area (Å²) in [6.45, 7) is 59.0. The van der Waals surface area contributed by atoms with Gasteiger partial charge in [0.2, 0.25) is 7.37 Å². The van der Waals surface area contributed by atoms with Gasteiger partial charge in [-0.05, 0) is 209 Å². The lowest BCUT2D eigenvalue weighted by atomic mass is 9.79. The molecule has 16 rings (SSSR count). The average Bonchev–Trinajstić information content (AvgIpc) is 1.56. The van der Waals surface area contributed by atoms with E-state index in [1.54, 1.807) is 20.0 Å². The fourth-order valence-corrected chi connectivity index (χ4v) is 31.0. The zero-order valence-corrected chi connectivity index (χ0v) is 87.2. The molecule has 16 aliphatic heterocycles. The summed E-state index contributed by atoms with van der Waals surface area (Å²) in [6.07, 6.45) is 19.8. The smallest absolute Gasteiger partial charge is 0.373 e. The standard InChI is InChI=1S/C50H85O12PSi.C47H80O9Si.C3H9O2P.CO2/c1-12-64(13-2,14-3)55-28-30(4)22-42-34(8)39(25-36(52)29-63(11,53)54-10)44(58-42)26-43-33(7)31(5)23-37(57-43)17-18-40-32(6)24-38(56-40)19-20-50-27-45-47(62-50)49-48(60-45)46(61-50)35(9)41(59-49)16-15-21-51;1-11-36-32(9)39(22-28(5)27-49-57(12-2,13-3)14-4)52-41(36)25-40-31(8)29(6)23-34(51-40)17-18-37-30(7)24-35(50-37)19-20-47-26-42-44(56-47)46-45(54-42)43(55-47)33(10)38(53-46)16-15-21-48;1-5-6(2,3)4;2-1-3/h30-31,34-35,37-49,51H,6-7,12-29H2,1-5,8-11H3;28-29,32-46,48H,7-8,11-27H2,1-6,9-10H3;1-3H3;/t30-,31+,34+,35-,37-,38-,39+,40?,41-,42+,43?,44-,45+,46-,47?,48-,49-,50+,63?;28-,29+,32+,33-,34-,35-,36+,37?,38-,39+,40?,41-,42+,43-,44?,45-,46-,47+;;/m00../s1. The van der Waals surface area contributed by atoms with Crippen LogP contribution in [-0.4, -0.2) is 264 Å². The first-order chi connectivity index (χ1) is 61.8. The molecule has 0 saturated carbocycles. The molecule has 16 saturated heterocycles. The minimum Gasteiger partial charge on any atom is -0.417 e. The van der Waals surface area contributed by atoms with Gasteiger partial charge in [-0.1, -0.05) is 137 Å². The van der Waals surface area contributed by atoms with E-state index < -0.39 is 42.9 Å². The van der Waals surface area contributed by atoms with E-state index >= 15 is 0 Å². The average molecular weight is 1910 g/mol. The Hall–Kier alpha value is -1.90. The van der Waals surface area contributed by atoms with Gasteiger partial charge in [-0.3, -0.25) is 13.9 Å². The van der Waals surface area contributed by atoms with E-state index in [1.807, 2.05) is 0 Å². The van der Waals surface area contributed by atoms with E-state index in [0.29, 0.717) is 55.3 Å². The van der Waals surface area contributed by atoms with Crippen LogP contribution in [0.3, 0.4) is 0 Å². The normalized spacial score (nSPS) is 40.9. The monoisotopic (exact) mass is 1910 g/mol. The van der Waals surface area contributed by atoms with E-state index in [1.165, 1.54) is 43.5 Å². The summed E-state index contributed by atoms with van der Waals surface area (Å²) < 4.78 is 141. The van der Waals surface area contributed by atoms with E-state index in [9.17, 15) is 24.1 Å². The number of aliphatic hydroxyl groups excluding tert-OH is 2. The Bertz CT molecular complexity index is 3750. The van der Waals surface area contributed by atoms with E-state index in [4.69, 9.17) is 89.3 Å². The number of rotatable bonds is 45. The third kappa shape index (κ3) is 26.5. The van der Waals surface area contributed by atoms with Gasteiger partial charge in [-0.15, -0.1) is 0 Å². The molecule has 37 atom stereocenters. The summed E-state index contributed by atoms with van der Waals surface area (Å²) in [5.41, 5.74) is 4.65. The van der Waals surface area contributed by atoms with Gasteiger partial charge in [0.15, 0.2) is 35.6 Å². The van der Waals surface area contributed by atoms with Crippen LogP contribution >= 0.6 is 14.7 Å². The fraction of sp³-hybridized carbons (Fsp3) is 0.901. The van der Waals surface area contributed by atoms with Crippen LogP contribution in [0, 0.1) is 59.2 Å². The Morgan fingerprint density at radius 3 is 1.21 bits per heavy atom. The van der Waals surface area contributed by atoms with Gasteiger partial charge in [0.25, 0.3) is 0 Å². The van der Waals surface area contributed by atoms with Crippen molar-refractivity contribution in [2.45, 2.75) is 452 Å². The van der Waals surface area contributed by atoms with Gasteiger partial charge in [-0.2, -0.15) is 9.59 Å². The van der Waals surface area contributed by atoms with Crippen molar-refractivity contribution in [2.75, 3.05) is 66.8 Å². The van der Waals surface area contributed by atoms with Crippen molar-refractivity contribution < 1.29 is 118 Å². The maximum absolute atomic E-state index is 13.5. The number of carbonyl (C=O) groups excluding carboxylic acids is 3. The number of ketones is 1. The molecule has 130 heavy (non-hydrogen) atoms. The predicted octanol–water partition coefficient (Wildman–Crippen LogP) is 19.3. The van der Waals surface area contributed by atoms with Gasteiger partial charge in [0.1, 0.15) is 42.4 Å². The molecule has 0 aliphatic carbocycles. The van der Waals surface area contributed by atoms with Gasteiger partial charge in [0.05, 0.1) is 116 Å². The van der Waals surface area contributed by atoms with Crippen LogP contribution in [-0.2, 0) is 108 Å². The lowest BCUT2D eigenvalue weighted by Gasteiger charge is -2.42. The largest absolute Gasteiger partial charge is 0.417 e. The molecule has 0 spiro atoms. The quantitative estimate of drug-likeness (QED) is 0.0325. The molecule has 0 aromatic heterocycles. The lowest BCUT2D eigenvalue weighted by molar-refractivity contribution is -0.263. The Labute approximate surface area is 783 Å². The molecule has 25 nitrogen and oxygen atoms in total. The lowest BCUT2D eigenvalue weighted by Crippen LogP contribution is -2.54. The third-order valence-electron chi connectivity index (χ3n) is 33.6. The van der Waals surface area contributed by atoms with E-state index in [2.05, 4.69) is 135 Å². The first-order valence-electron chi connectivity index (χ1n) is 51.0. The van der Waals surface area contributed by atoms with Gasteiger partial charge in [0, 0.05) is 117 Å². The number of hydrogen-bond donors (Lipinski definition) is 2. The highest BCUT2D eigenvalue weighted by atomic mass is 31.2. The van der Waals surface area contributed by atoms with E-state index in [-0.39, 0.29) is 207 Å². The minimum absolute atomic E-state index is 0.0111. The highest BCUT2D eigenvalue weighted by Gasteiger charge is 2.69. The van der Waals surface area contributed by atoms with E-state index in [0.717, 1.165) is 171 Å². The summed E-state index contributed by atoms with van der Waals surface area (Å²) >= 11 is 0. The van der Waals surface area contributed by atoms with Crippen LogP contribution < -0.4 is 0 Å². The van der Waals surface area contributed by atoms with Crippen LogP contribution in [0.1, 0.15) is 258 Å². The Balaban J connectivity index is 0.000000231. The van der Waals surface area contributed by atoms with Crippen molar-refractivity contribution >= 4 is 43.3 Å². The first kappa shape index (κ1) is 109. The molecule has 16 fully saturated rings. The van der Waals surface area contributed by atoms with Crippen molar-refractivity contribution in [3.63, 3.8) is 0 Å². The molecular formula is C101H174O25P2Si2. The SMILES string of the molecule is C=C1C[C@H](CC[C@@]23C[C@H]4O[C@H]5[C@@H](O2)[C@@H](C)[C@H](CCCO)O[C@H]5C4O3)OC1CC[C@H]1C[C@@H](C)C(=C)C(C[C@@H]2O[C@H](C[C@H](C)CO[Si](CC)(CC)CC)[C@H](C)[C@H]2CC(=O)CP(C)(=O)OC)O1.C=C1C[C@H](CC[C@@]23C[C@H]4O[C@H]5[C@@H](O2)[C@@H](C)[C@H](CCCO)O[C@H]5C4O3)OC1CC[C@H]1C[C@@H](C)C(=C)C(C[C@@H]2O[C@H](C[C@H](C)CO[Si](CC)(CC)CC)[C@H](C)[C@H]2CC)O1.COP(C)(C)=O.O=C=O. The summed E-state index contributed by atoms with van der Waals surface area (Å²) in [6, 6.07) is 6.98. The van der Waals surface area contributed by atoms with Crippen molar-refractivity contribution in [3.8, 4) is 0 Å². The Morgan fingerprint density at radius 1 is 0.469 bits per heavy atom. The molecule has 2 N–H and O–H groups in total. The summed E-state index contributed by atoms with van der Waals surface area (Å²) in [7, 11) is -5.58. The van der Waals surface area contributed by atoms with Crippen LogP contribution in [0.25, 0.3) is 0 Å². The number of carbonyl (C=O) groups is 1. The second-order valence-electron chi connectivity index (χ2n) is 42.7. The van der Waals surface area contributed by atoms with Gasteiger partial charge in [-0.25, -0.2) is 0 Å².